The van der Waals surface area contributed by atoms with Crippen molar-refractivity contribution < 1.29 is 45.1 Å². The van der Waals surface area contributed by atoms with Gasteiger partial charge in [-0.05, 0) is 42.5 Å². The van der Waals surface area contributed by atoms with Gasteiger partial charge in [-0.3, -0.25) is 4.79 Å². The Morgan fingerprint density at radius 1 is 1.06 bits per heavy atom. The van der Waals surface area contributed by atoms with Crippen LogP contribution in [-0.2, 0) is 17.4 Å². The predicted molar refractivity (Wildman–Crippen MR) is 106 cm³/mol. The number of nitrogens with zero attached hydrogens (tertiary/aromatic N) is 2. The molecule has 7 nitrogen and oxygen atoms in total. The van der Waals surface area contributed by atoms with Crippen LogP contribution in [0.2, 0.25) is 0 Å². The Morgan fingerprint density at radius 3 is 2.38 bits per heavy atom. The molecule has 3 rings (SSSR count). The molecule has 182 valence electrons. The number of alkyl halides is 6. The fourth-order valence-electron chi connectivity index (χ4n) is 2.74. The van der Waals surface area contributed by atoms with E-state index in [1.54, 1.807) is 24.3 Å². The minimum absolute atomic E-state index is 0.0628. The van der Waals surface area contributed by atoms with Gasteiger partial charge in [0.15, 0.2) is 6.61 Å². The van der Waals surface area contributed by atoms with Crippen molar-refractivity contribution in [2.45, 2.75) is 25.2 Å². The molecule has 0 aliphatic heterocycles. The van der Waals surface area contributed by atoms with Gasteiger partial charge in [0.1, 0.15) is 11.5 Å². The molecule has 1 heterocycles. The van der Waals surface area contributed by atoms with Crippen LogP contribution in [0.15, 0.2) is 47.0 Å². The van der Waals surface area contributed by atoms with Crippen molar-refractivity contribution in [3.05, 3.63) is 53.9 Å². The van der Waals surface area contributed by atoms with Gasteiger partial charge in [0.25, 0.3) is 0 Å². The van der Waals surface area contributed by atoms with Crippen molar-refractivity contribution >= 4 is 11.6 Å². The van der Waals surface area contributed by atoms with E-state index in [4.69, 9.17) is 9.26 Å². The molecular weight excluding hydrogens is 472 g/mol. The maximum Gasteiger partial charge on any atom is 0.422 e. The van der Waals surface area contributed by atoms with Gasteiger partial charge in [0.2, 0.25) is 17.6 Å². The first-order valence-corrected chi connectivity index (χ1v) is 9.62. The van der Waals surface area contributed by atoms with Crippen molar-refractivity contribution in [3.8, 4) is 22.9 Å². The van der Waals surface area contributed by atoms with Crippen molar-refractivity contribution in [2.24, 2.45) is 0 Å². The number of carbonyl (C=O) groups is 1. The highest BCUT2D eigenvalue weighted by Gasteiger charge is 2.33. The fraction of sp³-hybridized carbons (Fsp3) is 0.286. The molecule has 0 saturated carbocycles. The predicted octanol–water partition coefficient (Wildman–Crippen LogP) is 5.28. The number of aromatic nitrogens is 2. The van der Waals surface area contributed by atoms with Crippen molar-refractivity contribution in [3.63, 3.8) is 0 Å². The molecule has 0 fully saturated rings. The van der Waals surface area contributed by atoms with Gasteiger partial charge >= 0.3 is 12.4 Å². The number of halogens is 6. The van der Waals surface area contributed by atoms with Crippen molar-refractivity contribution in [2.75, 3.05) is 19.0 Å². The maximum atomic E-state index is 13.0. The summed E-state index contributed by atoms with van der Waals surface area (Å²) in [6.45, 7) is -1.74. The minimum atomic E-state index is -4.77. The lowest BCUT2D eigenvalue weighted by Gasteiger charge is -2.16. The Labute approximate surface area is 188 Å². The Hall–Kier alpha value is -3.77. The van der Waals surface area contributed by atoms with Crippen LogP contribution in [0, 0.1) is 0 Å². The molecule has 0 aliphatic carbocycles. The molecule has 0 aliphatic rings. The number of hydrogen-bond donors (Lipinski definition) is 1. The number of rotatable bonds is 8. The largest absolute Gasteiger partial charge is 0.497 e. The number of aryl methyl sites for hydroxylation is 1. The lowest BCUT2D eigenvalue weighted by atomic mass is 10.1. The number of hydrogen-bond acceptors (Lipinski definition) is 6. The molecule has 0 saturated heterocycles. The smallest absolute Gasteiger partial charge is 0.422 e. The van der Waals surface area contributed by atoms with Crippen LogP contribution in [-0.4, -0.2) is 35.9 Å². The van der Waals surface area contributed by atoms with E-state index in [-0.39, 0.29) is 24.6 Å². The summed E-state index contributed by atoms with van der Waals surface area (Å²) in [7, 11) is 1.51. The lowest BCUT2D eigenvalue weighted by Crippen LogP contribution is -2.21. The molecule has 0 unspecified atom stereocenters. The van der Waals surface area contributed by atoms with Gasteiger partial charge in [-0.25, -0.2) is 0 Å². The third-order valence-electron chi connectivity index (χ3n) is 4.35. The zero-order chi connectivity index (χ0) is 24.9. The van der Waals surface area contributed by atoms with Crippen LogP contribution >= 0.6 is 0 Å². The van der Waals surface area contributed by atoms with Crippen LogP contribution < -0.4 is 14.8 Å². The molecule has 0 bridgehead atoms. The zero-order valence-electron chi connectivity index (χ0n) is 17.5. The third-order valence-corrected chi connectivity index (χ3v) is 4.35. The van der Waals surface area contributed by atoms with Gasteiger partial charge in [0.05, 0.1) is 18.4 Å². The summed E-state index contributed by atoms with van der Waals surface area (Å²) in [5.74, 6) is -0.395. The van der Waals surface area contributed by atoms with E-state index >= 15 is 0 Å². The van der Waals surface area contributed by atoms with E-state index in [0.29, 0.717) is 29.5 Å². The number of nitrogens with one attached hydrogen (secondary N) is 1. The topological polar surface area (TPSA) is 86.5 Å². The van der Waals surface area contributed by atoms with E-state index in [1.807, 2.05) is 0 Å². The van der Waals surface area contributed by atoms with E-state index in [9.17, 15) is 31.1 Å². The van der Waals surface area contributed by atoms with Crippen LogP contribution in [0.3, 0.4) is 0 Å². The summed E-state index contributed by atoms with van der Waals surface area (Å²) in [4.78, 5) is 16.4. The van der Waals surface area contributed by atoms with E-state index in [0.717, 1.165) is 0 Å². The summed E-state index contributed by atoms with van der Waals surface area (Å²) in [5, 5.41) is 5.94. The normalized spacial score (nSPS) is 11.9. The second-order valence-electron chi connectivity index (χ2n) is 6.90. The van der Waals surface area contributed by atoms with E-state index in [1.165, 1.54) is 7.11 Å². The Morgan fingerprint density at radius 2 is 1.76 bits per heavy atom. The number of benzene rings is 2. The van der Waals surface area contributed by atoms with Crippen molar-refractivity contribution in [1.82, 2.24) is 10.1 Å². The van der Waals surface area contributed by atoms with Crippen LogP contribution in [0.4, 0.5) is 32.0 Å². The molecular formula is C21H17F6N3O4. The van der Waals surface area contributed by atoms with E-state index < -0.39 is 41.9 Å². The Bertz CT molecular complexity index is 1130. The number of carbonyl (C=O) groups excluding carboxylic acids is 1. The first-order chi connectivity index (χ1) is 15.9. The SMILES string of the molecule is COc1ccc(-c2noc(CCC(=O)Nc3cc(C(F)(F)F)ccc3OCC(F)(F)F)n2)cc1. The summed E-state index contributed by atoms with van der Waals surface area (Å²) >= 11 is 0. The molecule has 0 spiro atoms. The summed E-state index contributed by atoms with van der Waals surface area (Å²) in [5.41, 5.74) is -1.09. The third kappa shape index (κ3) is 6.86. The standard InChI is InChI=1S/C21H17F6N3O4/c1-32-14-5-2-12(3-6-14)19-29-18(34-30-19)9-8-17(31)28-15-10-13(21(25,26)27)4-7-16(15)33-11-20(22,23)24/h2-7,10H,8-9,11H2,1H3,(H,28,31). The van der Waals surface area contributed by atoms with Gasteiger partial charge in [-0.2, -0.15) is 31.3 Å². The number of methoxy groups -OCH3 is 1. The molecule has 2 aromatic carbocycles. The average molecular weight is 489 g/mol. The van der Waals surface area contributed by atoms with Gasteiger partial charge < -0.3 is 19.3 Å². The zero-order valence-corrected chi connectivity index (χ0v) is 17.5. The molecule has 0 radical (unpaired) electrons. The maximum absolute atomic E-state index is 13.0. The van der Waals surface area contributed by atoms with Crippen LogP contribution in [0.1, 0.15) is 17.9 Å². The lowest BCUT2D eigenvalue weighted by molar-refractivity contribution is -0.153. The van der Waals surface area contributed by atoms with Gasteiger partial charge in [0, 0.05) is 18.4 Å². The van der Waals surface area contributed by atoms with Gasteiger partial charge in [-0.15, -0.1) is 0 Å². The summed E-state index contributed by atoms with van der Waals surface area (Å²) in [6.07, 6.45) is -9.85. The first-order valence-electron chi connectivity index (χ1n) is 9.62. The van der Waals surface area contributed by atoms with Crippen LogP contribution in [0.25, 0.3) is 11.4 Å². The monoisotopic (exact) mass is 489 g/mol. The van der Waals surface area contributed by atoms with Crippen LogP contribution in [0.5, 0.6) is 11.5 Å². The minimum Gasteiger partial charge on any atom is -0.497 e. The number of amides is 1. The van der Waals surface area contributed by atoms with Gasteiger partial charge in [-0.1, -0.05) is 5.16 Å². The Balaban J connectivity index is 1.67. The van der Waals surface area contributed by atoms with Crippen molar-refractivity contribution in [1.29, 1.82) is 0 Å². The quantitative estimate of drug-likeness (QED) is 0.434. The summed E-state index contributed by atoms with van der Waals surface area (Å²) < 4.78 is 91.0. The number of anilines is 1. The number of ether oxygens (including phenoxy) is 2. The fourth-order valence-corrected chi connectivity index (χ4v) is 2.74. The molecule has 1 amide bonds. The highest BCUT2D eigenvalue weighted by Crippen LogP contribution is 2.35. The Kier molecular flexibility index (Phi) is 7.32. The molecule has 1 N–H and O–H groups in total. The first kappa shape index (κ1) is 24.9. The molecule has 13 heteroatoms. The second kappa shape index (κ2) is 10.0. The highest BCUT2D eigenvalue weighted by molar-refractivity contribution is 5.92. The molecule has 0 atom stereocenters. The summed E-state index contributed by atoms with van der Waals surface area (Å²) in [6, 6.07) is 8.52. The molecule has 3 aromatic rings. The second-order valence-corrected chi connectivity index (χ2v) is 6.90. The highest BCUT2D eigenvalue weighted by atomic mass is 19.4. The molecule has 34 heavy (non-hydrogen) atoms. The van der Waals surface area contributed by atoms with E-state index in [2.05, 4.69) is 20.2 Å². The average Bonchev–Trinajstić information content (AvgIpc) is 3.25. The molecule has 1 aromatic heterocycles.